The van der Waals surface area contributed by atoms with Crippen LogP contribution in [0.1, 0.15) is 5.56 Å². The van der Waals surface area contributed by atoms with Crippen LogP contribution in [0.5, 0.6) is 11.5 Å². The summed E-state index contributed by atoms with van der Waals surface area (Å²) in [4.78, 5) is 23.1. The molecule has 3 aromatic carbocycles. The topological polar surface area (TPSA) is 140 Å². The zero-order valence-electron chi connectivity index (χ0n) is 18.8. The van der Waals surface area contributed by atoms with Crippen molar-refractivity contribution in [1.82, 2.24) is 5.43 Å². The van der Waals surface area contributed by atoms with Crippen molar-refractivity contribution in [2.24, 2.45) is 5.10 Å². The van der Waals surface area contributed by atoms with Gasteiger partial charge in [0.2, 0.25) is 0 Å². The summed E-state index contributed by atoms with van der Waals surface area (Å²) in [5, 5.41) is 14.8. The number of anilines is 1. The first-order valence-corrected chi connectivity index (χ1v) is 11.6. The Hall–Kier alpha value is -4.45. The van der Waals surface area contributed by atoms with Crippen LogP contribution in [-0.2, 0) is 14.8 Å². The summed E-state index contributed by atoms with van der Waals surface area (Å²) in [6.45, 7) is -0.576. The molecule has 0 atom stereocenters. The normalized spacial score (nSPS) is 11.1. The Morgan fingerprint density at radius 2 is 1.74 bits per heavy atom. The molecule has 0 radical (unpaired) electrons. The Labute approximate surface area is 201 Å². The summed E-state index contributed by atoms with van der Waals surface area (Å²) in [6, 6.07) is 17.8. The Bertz CT molecular complexity index is 1330. The molecular formula is C23H22N4O7S. The van der Waals surface area contributed by atoms with E-state index in [0.717, 1.165) is 4.31 Å². The van der Waals surface area contributed by atoms with Gasteiger partial charge in [-0.15, -0.1) is 0 Å². The highest BCUT2D eigenvalue weighted by Crippen LogP contribution is 2.26. The van der Waals surface area contributed by atoms with E-state index < -0.39 is 27.4 Å². The maximum Gasteiger partial charge on any atom is 0.270 e. The maximum atomic E-state index is 13.3. The molecule has 12 heteroatoms. The van der Waals surface area contributed by atoms with E-state index in [1.807, 2.05) is 0 Å². The van der Waals surface area contributed by atoms with E-state index in [4.69, 9.17) is 9.47 Å². The molecule has 0 fully saturated rings. The summed E-state index contributed by atoms with van der Waals surface area (Å²) < 4.78 is 37.8. The third-order valence-electron chi connectivity index (χ3n) is 4.80. The van der Waals surface area contributed by atoms with Crippen molar-refractivity contribution in [3.05, 3.63) is 88.5 Å². The van der Waals surface area contributed by atoms with Crippen LogP contribution in [0.4, 0.5) is 11.4 Å². The molecule has 182 valence electrons. The number of benzene rings is 3. The molecule has 0 spiro atoms. The molecule has 1 amide bonds. The standard InChI is InChI=1S/C23H22N4O7S/c1-33-20-11-8-18(9-12-20)26(35(31,32)21-6-4-3-5-7-21)16-23(28)25-24-15-17-14-19(27(29)30)10-13-22(17)34-2/h3-15H,16H2,1-2H3,(H,25,28)/b24-15-. The number of non-ortho nitro benzene ring substituents is 1. The quantitative estimate of drug-likeness (QED) is 0.257. The van der Waals surface area contributed by atoms with Gasteiger partial charge < -0.3 is 9.47 Å². The van der Waals surface area contributed by atoms with E-state index in [0.29, 0.717) is 11.5 Å². The fourth-order valence-electron chi connectivity index (χ4n) is 3.06. The number of hydrazone groups is 1. The number of carbonyl (C=O) groups is 1. The number of nitro benzene ring substituents is 1. The number of methoxy groups -OCH3 is 2. The number of sulfonamides is 1. The third-order valence-corrected chi connectivity index (χ3v) is 6.58. The Morgan fingerprint density at radius 1 is 1.06 bits per heavy atom. The van der Waals surface area contributed by atoms with Crippen LogP contribution in [0.3, 0.4) is 0 Å². The Kier molecular flexibility index (Phi) is 8.00. The highest BCUT2D eigenvalue weighted by Gasteiger charge is 2.27. The summed E-state index contributed by atoms with van der Waals surface area (Å²) in [7, 11) is -1.22. The lowest BCUT2D eigenvalue weighted by Crippen LogP contribution is -2.39. The van der Waals surface area contributed by atoms with E-state index in [9.17, 15) is 23.3 Å². The number of nitrogens with zero attached hydrogens (tertiary/aromatic N) is 3. The summed E-state index contributed by atoms with van der Waals surface area (Å²) >= 11 is 0. The predicted molar refractivity (Wildman–Crippen MR) is 129 cm³/mol. The van der Waals surface area contributed by atoms with Gasteiger partial charge in [0.15, 0.2) is 0 Å². The van der Waals surface area contributed by atoms with Gasteiger partial charge >= 0.3 is 0 Å². The smallest absolute Gasteiger partial charge is 0.270 e. The van der Waals surface area contributed by atoms with Gasteiger partial charge in [0, 0.05) is 17.7 Å². The molecule has 35 heavy (non-hydrogen) atoms. The minimum atomic E-state index is -4.09. The van der Waals surface area contributed by atoms with Gasteiger partial charge in [0.05, 0.1) is 35.9 Å². The van der Waals surface area contributed by atoms with E-state index in [1.54, 1.807) is 30.3 Å². The molecule has 0 aromatic heterocycles. The average Bonchev–Trinajstić information content (AvgIpc) is 2.87. The second-order valence-corrected chi connectivity index (χ2v) is 8.86. The number of nitrogens with one attached hydrogen (secondary N) is 1. The van der Waals surface area contributed by atoms with Gasteiger partial charge in [-0.2, -0.15) is 5.10 Å². The number of carbonyl (C=O) groups excluding carboxylic acids is 1. The average molecular weight is 499 g/mol. The minimum absolute atomic E-state index is 0.00782. The van der Waals surface area contributed by atoms with Gasteiger partial charge in [-0.1, -0.05) is 18.2 Å². The fraction of sp³-hybridized carbons (Fsp3) is 0.130. The Balaban J connectivity index is 1.84. The lowest BCUT2D eigenvalue weighted by Gasteiger charge is -2.23. The minimum Gasteiger partial charge on any atom is -0.497 e. The number of hydrogen-bond acceptors (Lipinski definition) is 8. The second kappa shape index (κ2) is 11.1. The molecule has 3 rings (SSSR count). The molecule has 3 aromatic rings. The lowest BCUT2D eigenvalue weighted by atomic mass is 10.2. The zero-order chi connectivity index (χ0) is 25.4. The lowest BCUT2D eigenvalue weighted by molar-refractivity contribution is -0.384. The first kappa shape index (κ1) is 25.2. The summed E-state index contributed by atoms with van der Waals surface area (Å²) in [5.41, 5.74) is 2.57. The molecule has 11 nitrogen and oxygen atoms in total. The molecule has 0 unspecified atom stereocenters. The summed E-state index contributed by atoms with van der Waals surface area (Å²) in [5.74, 6) is 0.0897. The number of amides is 1. The molecule has 0 aliphatic rings. The molecule has 0 bridgehead atoms. The van der Waals surface area contributed by atoms with Crippen molar-refractivity contribution in [1.29, 1.82) is 0 Å². The molecule has 0 aliphatic carbocycles. The van der Waals surface area contributed by atoms with Crippen LogP contribution in [0.25, 0.3) is 0 Å². The van der Waals surface area contributed by atoms with Crippen LogP contribution in [-0.4, -0.2) is 46.2 Å². The van der Waals surface area contributed by atoms with Crippen molar-refractivity contribution >= 4 is 33.5 Å². The number of hydrogen-bond donors (Lipinski definition) is 1. The molecule has 0 aliphatic heterocycles. The van der Waals surface area contributed by atoms with Gasteiger partial charge in [-0.05, 0) is 42.5 Å². The van der Waals surface area contributed by atoms with Crippen LogP contribution in [0.2, 0.25) is 0 Å². The van der Waals surface area contributed by atoms with Crippen molar-refractivity contribution in [3.63, 3.8) is 0 Å². The van der Waals surface area contributed by atoms with E-state index in [2.05, 4.69) is 10.5 Å². The van der Waals surface area contributed by atoms with E-state index in [1.165, 1.54) is 62.9 Å². The van der Waals surface area contributed by atoms with Gasteiger partial charge in [0.1, 0.15) is 18.0 Å². The monoisotopic (exact) mass is 498 g/mol. The van der Waals surface area contributed by atoms with Crippen LogP contribution < -0.4 is 19.2 Å². The van der Waals surface area contributed by atoms with Crippen LogP contribution in [0.15, 0.2) is 82.8 Å². The first-order chi connectivity index (χ1) is 16.8. The van der Waals surface area contributed by atoms with Crippen LogP contribution in [0, 0.1) is 10.1 Å². The van der Waals surface area contributed by atoms with Crippen molar-refractivity contribution in [2.45, 2.75) is 4.90 Å². The highest BCUT2D eigenvalue weighted by molar-refractivity contribution is 7.92. The first-order valence-electron chi connectivity index (χ1n) is 10.1. The molecule has 0 heterocycles. The van der Waals surface area contributed by atoms with E-state index >= 15 is 0 Å². The summed E-state index contributed by atoms with van der Waals surface area (Å²) in [6.07, 6.45) is 1.17. The largest absolute Gasteiger partial charge is 0.497 e. The van der Waals surface area contributed by atoms with Gasteiger partial charge in [-0.3, -0.25) is 19.2 Å². The Morgan fingerprint density at radius 3 is 2.34 bits per heavy atom. The van der Waals surface area contributed by atoms with Gasteiger partial charge in [0.25, 0.3) is 21.6 Å². The number of ether oxygens (including phenoxy) is 2. The maximum absolute atomic E-state index is 13.3. The van der Waals surface area contributed by atoms with E-state index in [-0.39, 0.29) is 21.8 Å². The van der Waals surface area contributed by atoms with Crippen molar-refractivity contribution < 1.29 is 27.6 Å². The number of rotatable bonds is 10. The van der Waals surface area contributed by atoms with Crippen molar-refractivity contribution in [2.75, 3.05) is 25.1 Å². The third kappa shape index (κ3) is 6.12. The highest BCUT2D eigenvalue weighted by atomic mass is 32.2. The molecule has 1 N–H and O–H groups in total. The van der Waals surface area contributed by atoms with Crippen molar-refractivity contribution in [3.8, 4) is 11.5 Å². The molecule has 0 saturated heterocycles. The second-order valence-electron chi connectivity index (χ2n) is 7.00. The van der Waals surface area contributed by atoms with Gasteiger partial charge in [-0.25, -0.2) is 13.8 Å². The number of nitro groups is 1. The predicted octanol–water partition coefficient (Wildman–Crippen LogP) is 2.96. The zero-order valence-corrected chi connectivity index (χ0v) is 19.6. The SMILES string of the molecule is COc1ccc(N(CC(=O)N/N=C\c2cc([N+](=O)[O-])ccc2OC)S(=O)(=O)c2ccccc2)cc1. The molecular weight excluding hydrogens is 476 g/mol. The van der Waals surface area contributed by atoms with Crippen LogP contribution >= 0.6 is 0 Å². The molecule has 0 saturated carbocycles. The fourth-order valence-corrected chi connectivity index (χ4v) is 4.50.